The van der Waals surface area contributed by atoms with E-state index in [1.165, 1.54) is 9.85 Å². The van der Waals surface area contributed by atoms with E-state index in [4.69, 9.17) is 14.3 Å². The zero-order valence-corrected chi connectivity index (χ0v) is 18.9. The largest absolute Gasteiger partial charge is 0.493 e. The molecule has 0 bridgehead atoms. The van der Waals surface area contributed by atoms with Crippen LogP contribution in [0.1, 0.15) is 22.9 Å². The SMILES string of the molecule is COc1ccc([C@H]2CC(c3cccs3)=NN2C(=O)COn2nnc3ccccc32)cc1OC. The van der Waals surface area contributed by atoms with Crippen molar-refractivity contribution >= 4 is 34.0 Å². The Morgan fingerprint density at radius 1 is 1.09 bits per heavy atom. The van der Waals surface area contributed by atoms with E-state index in [0.717, 1.165) is 16.2 Å². The van der Waals surface area contributed by atoms with Crippen molar-refractivity contribution in [3.63, 3.8) is 0 Å². The highest BCUT2D eigenvalue weighted by Crippen LogP contribution is 2.37. The highest BCUT2D eigenvalue weighted by molar-refractivity contribution is 7.12. The molecule has 4 aromatic rings. The summed E-state index contributed by atoms with van der Waals surface area (Å²) in [4.78, 5) is 21.2. The van der Waals surface area contributed by atoms with E-state index in [9.17, 15) is 4.79 Å². The number of hydrogen-bond acceptors (Lipinski definition) is 8. The predicted molar refractivity (Wildman–Crippen MR) is 124 cm³/mol. The number of aromatic nitrogens is 3. The zero-order valence-electron chi connectivity index (χ0n) is 18.0. The van der Waals surface area contributed by atoms with Crippen LogP contribution in [0.4, 0.5) is 0 Å². The van der Waals surface area contributed by atoms with Crippen molar-refractivity contribution in [1.29, 1.82) is 0 Å². The van der Waals surface area contributed by atoms with Gasteiger partial charge in [-0.1, -0.05) is 29.1 Å². The highest BCUT2D eigenvalue weighted by Gasteiger charge is 2.34. The molecule has 0 spiro atoms. The maximum absolute atomic E-state index is 13.2. The minimum absolute atomic E-state index is 0.238. The molecular weight excluding hydrogens is 442 g/mol. The molecule has 2 aromatic heterocycles. The first kappa shape index (κ1) is 21.0. The Morgan fingerprint density at radius 3 is 2.73 bits per heavy atom. The molecule has 0 radical (unpaired) electrons. The van der Waals surface area contributed by atoms with E-state index in [-0.39, 0.29) is 18.6 Å². The molecule has 0 saturated heterocycles. The molecule has 0 saturated carbocycles. The second-order valence-electron chi connectivity index (χ2n) is 7.32. The van der Waals surface area contributed by atoms with Gasteiger partial charge < -0.3 is 14.3 Å². The second kappa shape index (κ2) is 8.91. The quantitative estimate of drug-likeness (QED) is 0.418. The molecule has 1 amide bonds. The third kappa shape index (κ3) is 4.00. The van der Waals surface area contributed by atoms with Gasteiger partial charge in [0.25, 0.3) is 5.91 Å². The van der Waals surface area contributed by atoms with Crippen LogP contribution < -0.4 is 14.3 Å². The Hall–Kier alpha value is -3.92. The lowest BCUT2D eigenvalue weighted by atomic mass is 10.0. The normalized spacial score (nSPS) is 15.5. The molecule has 3 heterocycles. The van der Waals surface area contributed by atoms with Crippen LogP contribution in [0, 0.1) is 0 Å². The van der Waals surface area contributed by atoms with E-state index < -0.39 is 0 Å². The number of hydrazone groups is 1. The van der Waals surface area contributed by atoms with Gasteiger partial charge in [-0.15, -0.1) is 16.4 Å². The Labute approximate surface area is 193 Å². The number of thiophene rings is 1. The summed E-state index contributed by atoms with van der Waals surface area (Å²) in [5.74, 6) is 0.927. The molecule has 168 valence electrons. The lowest BCUT2D eigenvalue weighted by Crippen LogP contribution is -2.34. The number of benzene rings is 2. The van der Waals surface area contributed by atoms with Gasteiger partial charge in [0, 0.05) is 6.42 Å². The number of carbonyl (C=O) groups excluding carboxylic acids is 1. The fourth-order valence-corrected chi connectivity index (χ4v) is 4.50. The van der Waals surface area contributed by atoms with Crippen LogP contribution in [0.15, 0.2) is 65.1 Å². The van der Waals surface area contributed by atoms with Gasteiger partial charge in [-0.2, -0.15) is 5.10 Å². The fraction of sp³-hybridized carbons (Fsp3) is 0.217. The number of fused-ring (bicyclic) bond motifs is 1. The average Bonchev–Trinajstić information content (AvgIpc) is 3.61. The number of hydrogen-bond donors (Lipinski definition) is 0. The minimum atomic E-state index is -0.300. The molecule has 33 heavy (non-hydrogen) atoms. The first-order chi connectivity index (χ1) is 16.2. The summed E-state index contributed by atoms with van der Waals surface area (Å²) < 4.78 is 10.8. The number of ether oxygens (including phenoxy) is 2. The van der Waals surface area contributed by atoms with Gasteiger partial charge in [0.2, 0.25) is 0 Å². The maximum atomic E-state index is 13.2. The van der Waals surface area contributed by atoms with E-state index >= 15 is 0 Å². The number of carbonyl (C=O) groups is 1. The lowest BCUT2D eigenvalue weighted by molar-refractivity contribution is -0.138. The smallest absolute Gasteiger partial charge is 0.283 e. The molecule has 5 rings (SSSR count). The summed E-state index contributed by atoms with van der Waals surface area (Å²) >= 11 is 1.59. The number of para-hydroxylation sites is 1. The number of rotatable bonds is 7. The monoisotopic (exact) mass is 463 g/mol. The standard InChI is InChI=1S/C23H21N5O4S/c1-30-20-10-9-15(12-21(20)31-2)19-13-17(22-8-5-11-33-22)25-27(19)23(29)14-32-28-18-7-4-3-6-16(18)24-26-28/h3-12,19H,13-14H2,1-2H3/t19-/m1/s1. The molecule has 1 aliphatic rings. The van der Waals surface area contributed by atoms with Crippen LogP contribution in [0.3, 0.4) is 0 Å². The first-order valence-corrected chi connectivity index (χ1v) is 11.1. The molecule has 1 atom stereocenters. The van der Waals surface area contributed by atoms with Crippen molar-refractivity contribution in [2.45, 2.75) is 12.5 Å². The van der Waals surface area contributed by atoms with Crippen molar-refractivity contribution in [2.24, 2.45) is 5.10 Å². The molecule has 0 fully saturated rings. The van der Waals surface area contributed by atoms with Crippen LogP contribution in [0.2, 0.25) is 0 Å². The molecule has 2 aromatic carbocycles. The molecule has 10 heteroatoms. The summed E-state index contributed by atoms with van der Waals surface area (Å²) in [5.41, 5.74) is 3.12. The predicted octanol–water partition coefficient (Wildman–Crippen LogP) is 3.32. The maximum Gasteiger partial charge on any atom is 0.283 e. The van der Waals surface area contributed by atoms with Crippen molar-refractivity contribution in [3.05, 3.63) is 70.4 Å². The highest BCUT2D eigenvalue weighted by atomic mass is 32.1. The first-order valence-electron chi connectivity index (χ1n) is 10.3. The van der Waals surface area contributed by atoms with Crippen LogP contribution in [-0.2, 0) is 4.79 Å². The van der Waals surface area contributed by atoms with Crippen molar-refractivity contribution in [3.8, 4) is 11.5 Å². The van der Waals surface area contributed by atoms with Gasteiger partial charge >= 0.3 is 0 Å². The van der Waals surface area contributed by atoms with Crippen LogP contribution >= 0.6 is 11.3 Å². The zero-order chi connectivity index (χ0) is 22.8. The van der Waals surface area contributed by atoms with Gasteiger partial charge in [-0.05, 0) is 46.5 Å². The summed E-state index contributed by atoms with van der Waals surface area (Å²) in [5, 5.41) is 16.2. The average molecular weight is 464 g/mol. The van der Waals surface area contributed by atoms with E-state index in [0.29, 0.717) is 29.0 Å². The molecule has 9 nitrogen and oxygen atoms in total. The van der Waals surface area contributed by atoms with Gasteiger partial charge in [0.05, 0.1) is 30.9 Å². The van der Waals surface area contributed by atoms with Gasteiger partial charge in [-0.25, -0.2) is 5.01 Å². The van der Waals surface area contributed by atoms with Crippen LogP contribution in [0.25, 0.3) is 11.0 Å². The Kier molecular flexibility index (Phi) is 5.66. The molecule has 0 aliphatic carbocycles. The third-order valence-electron chi connectivity index (χ3n) is 5.40. The lowest BCUT2D eigenvalue weighted by Gasteiger charge is -2.22. The van der Waals surface area contributed by atoms with Gasteiger partial charge in [0.15, 0.2) is 18.1 Å². The summed E-state index contributed by atoms with van der Waals surface area (Å²) in [7, 11) is 3.18. The number of methoxy groups -OCH3 is 2. The van der Waals surface area contributed by atoms with Crippen molar-refractivity contribution in [2.75, 3.05) is 20.8 Å². The molecule has 0 N–H and O–H groups in total. The topological polar surface area (TPSA) is 91.1 Å². The minimum Gasteiger partial charge on any atom is -0.493 e. The van der Waals surface area contributed by atoms with E-state index in [2.05, 4.69) is 15.4 Å². The van der Waals surface area contributed by atoms with E-state index in [1.807, 2.05) is 60.0 Å². The summed E-state index contributed by atoms with van der Waals surface area (Å²) in [6.07, 6.45) is 0.577. The molecule has 1 aliphatic heterocycles. The van der Waals surface area contributed by atoms with Crippen molar-refractivity contribution < 1.29 is 19.1 Å². The van der Waals surface area contributed by atoms with Crippen LogP contribution in [-0.4, -0.2) is 52.6 Å². The summed E-state index contributed by atoms with van der Waals surface area (Å²) in [6.45, 7) is -0.238. The Balaban J connectivity index is 1.42. The number of amides is 1. The Morgan fingerprint density at radius 2 is 1.94 bits per heavy atom. The third-order valence-corrected chi connectivity index (χ3v) is 6.31. The molecular formula is C23H21N5O4S. The van der Waals surface area contributed by atoms with E-state index in [1.54, 1.807) is 25.6 Å². The number of nitrogens with zero attached hydrogens (tertiary/aromatic N) is 5. The molecule has 0 unspecified atom stereocenters. The Bertz CT molecular complexity index is 1320. The summed E-state index contributed by atoms with van der Waals surface area (Å²) in [6, 6.07) is 16.7. The van der Waals surface area contributed by atoms with Gasteiger partial charge in [0.1, 0.15) is 11.0 Å². The van der Waals surface area contributed by atoms with Crippen molar-refractivity contribution in [1.82, 2.24) is 20.2 Å². The second-order valence-corrected chi connectivity index (χ2v) is 8.27. The van der Waals surface area contributed by atoms with Crippen LogP contribution in [0.5, 0.6) is 11.5 Å². The van der Waals surface area contributed by atoms with Gasteiger partial charge in [-0.3, -0.25) is 4.79 Å². The fourth-order valence-electron chi connectivity index (χ4n) is 3.78.